The van der Waals surface area contributed by atoms with E-state index in [4.69, 9.17) is 27.9 Å². The van der Waals surface area contributed by atoms with Gasteiger partial charge in [-0.25, -0.2) is 18.6 Å². The van der Waals surface area contributed by atoms with Crippen molar-refractivity contribution in [3.63, 3.8) is 0 Å². The highest BCUT2D eigenvalue weighted by Gasteiger charge is 2.23. The summed E-state index contributed by atoms with van der Waals surface area (Å²) in [5, 5.41) is 3.98. The van der Waals surface area contributed by atoms with E-state index < -0.39 is 28.4 Å². The maximum Gasteiger partial charge on any atom is 0.343 e. The molecule has 1 amide bonds. The van der Waals surface area contributed by atoms with E-state index in [0.717, 1.165) is 10.6 Å². The van der Waals surface area contributed by atoms with Crippen LogP contribution in [0.2, 0.25) is 10.0 Å². The standard InChI is InChI=1S/C19H19Cl2N3O6S/c1-29-18(26)12-30-14-8-6-13(7-9-14)10-22-23-17(25)11-24(31(2,27)28)16-5-3-4-15(20)19(16)21/h3-10H,11-12H2,1-2H3,(H,23,25)/b22-10-. The number of hydrogen-bond acceptors (Lipinski definition) is 7. The first-order valence-corrected chi connectivity index (χ1v) is 11.3. The van der Waals surface area contributed by atoms with Gasteiger partial charge >= 0.3 is 5.97 Å². The van der Waals surface area contributed by atoms with Gasteiger partial charge in [0.1, 0.15) is 12.3 Å². The average Bonchev–Trinajstić information content (AvgIpc) is 2.72. The summed E-state index contributed by atoms with van der Waals surface area (Å²) in [6.45, 7) is -0.760. The molecule has 1 N–H and O–H groups in total. The Balaban J connectivity index is 2.00. The zero-order valence-corrected chi connectivity index (χ0v) is 18.9. The number of ether oxygens (including phenoxy) is 2. The minimum Gasteiger partial charge on any atom is -0.482 e. The number of carbonyl (C=O) groups excluding carboxylic acids is 2. The molecule has 0 unspecified atom stereocenters. The third-order valence-electron chi connectivity index (χ3n) is 3.75. The molecule has 0 aliphatic carbocycles. The van der Waals surface area contributed by atoms with Crippen molar-refractivity contribution in [2.45, 2.75) is 0 Å². The second-order valence-corrected chi connectivity index (χ2v) is 8.76. The molecule has 0 spiro atoms. The SMILES string of the molecule is COC(=O)COc1ccc(/C=N\NC(=O)CN(c2cccc(Cl)c2Cl)S(C)(=O)=O)cc1. The van der Waals surface area contributed by atoms with Gasteiger partial charge in [-0.15, -0.1) is 0 Å². The Morgan fingerprint density at radius 2 is 1.84 bits per heavy atom. The molecule has 0 aromatic heterocycles. The van der Waals surface area contributed by atoms with Crippen molar-refractivity contribution in [3.05, 3.63) is 58.1 Å². The number of anilines is 1. The van der Waals surface area contributed by atoms with E-state index in [0.29, 0.717) is 11.3 Å². The number of nitrogens with zero attached hydrogens (tertiary/aromatic N) is 2. The van der Waals surface area contributed by atoms with Crippen molar-refractivity contribution in [2.24, 2.45) is 5.10 Å². The number of halogens is 2. The number of nitrogens with one attached hydrogen (secondary N) is 1. The monoisotopic (exact) mass is 487 g/mol. The fraction of sp³-hybridized carbons (Fsp3) is 0.211. The molecule has 0 bridgehead atoms. The molecule has 0 saturated carbocycles. The number of benzene rings is 2. The number of hydrazone groups is 1. The number of sulfonamides is 1. The van der Waals surface area contributed by atoms with Gasteiger partial charge in [-0.3, -0.25) is 9.10 Å². The lowest BCUT2D eigenvalue weighted by Crippen LogP contribution is -2.39. The van der Waals surface area contributed by atoms with Crippen molar-refractivity contribution >= 4 is 57.0 Å². The normalized spacial score (nSPS) is 11.2. The first-order chi connectivity index (χ1) is 14.6. The summed E-state index contributed by atoms with van der Waals surface area (Å²) in [6.07, 6.45) is 2.31. The Bertz CT molecular complexity index is 1070. The zero-order valence-electron chi connectivity index (χ0n) is 16.5. The van der Waals surface area contributed by atoms with Gasteiger partial charge in [-0.05, 0) is 42.0 Å². The molecule has 2 rings (SSSR count). The van der Waals surface area contributed by atoms with Gasteiger partial charge in [0.05, 0.1) is 35.3 Å². The van der Waals surface area contributed by atoms with Crippen molar-refractivity contribution in [3.8, 4) is 5.75 Å². The van der Waals surface area contributed by atoms with Crippen molar-refractivity contribution in [1.82, 2.24) is 5.43 Å². The minimum atomic E-state index is -3.82. The van der Waals surface area contributed by atoms with Crippen molar-refractivity contribution in [1.29, 1.82) is 0 Å². The number of esters is 1. The predicted octanol–water partition coefficient (Wildman–Crippen LogP) is 2.46. The lowest BCUT2D eigenvalue weighted by atomic mass is 10.2. The first-order valence-electron chi connectivity index (χ1n) is 8.65. The van der Waals surface area contributed by atoms with Crippen LogP contribution in [0.5, 0.6) is 5.75 Å². The van der Waals surface area contributed by atoms with Crippen LogP contribution in [-0.2, 0) is 24.3 Å². The van der Waals surface area contributed by atoms with Crippen LogP contribution in [0, 0.1) is 0 Å². The topological polar surface area (TPSA) is 114 Å². The molecule has 0 atom stereocenters. The molecule has 2 aromatic rings. The Morgan fingerprint density at radius 1 is 1.16 bits per heavy atom. The van der Waals surface area contributed by atoms with Crippen LogP contribution in [0.15, 0.2) is 47.6 Å². The van der Waals surface area contributed by atoms with E-state index in [2.05, 4.69) is 15.3 Å². The van der Waals surface area contributed by atoms with Gasteiger partial charge in [-0.2, -0.15) is 5.10 Å². The van der Waals surface area contributed by atoms with Gasteiger partial charge in [0.15, 0.2) is 6.61 Å². The summed E-state index contributed by atoms with van der Waals surface area (Å²) in [5.74, 6) is -0.736. The molecular weight excluding hydrogens is 469 g/mol. The van der Waals surface area contributed by atoms with Crippen LogP contribution in [-0.4, -0.2) is 53.0 Å². The smallest absolute Gasteiger partial charge is 0.343 e. The lowest BCUT2D eigenvalue weighted by Gasteiger charge is -2.22. The number of rotatable bonds is 9. The fourth-order valence-electron chi connectivity index (χ4n) is 2.26. The van der Waals surface area contributed by atoms with Gasteiger partial charge in [0.2, 0.25) is 10.0 Å². The van der Waals surface area contributed by atoms with Gasteiger partial charge in [0, 0.05) is 0 Å². The van der Waals surface area contributed by atoms with E-state index in [1.807, 2.05) is 0 Å². The van der Waals surface area contributed by atoms with E-state index in [1.54, 1.807) is 24.3 Å². The summed E-state index contributed by atoms with van der Waals surface area (Å²) in [6, 6.07) is 11.0. The summed E-state index contributed by atoms with van der Waals surface area (Å²) >= 11 is 12.0. The number of hydrogen-bond donors (Lipinski definition) is 1. The van der Waals surface area contributed by atoms with Crippen molar-refractivity contribution in [2.75, 3.05) is 30.8 Å². The Kier molecular flexibility index (Phi) is 8.66. The highest BCUT2D eigenvalue weighted by atomic mass is 35.5. The van der Waals surface area contributed by atoms with E-state index in [9.17, 15) is 18.0 Å². The van der Waals surface area contributed by atoms with Crippen molar-refractivity contribution < 1.29 is 27.5 Å². The Morgan fingerprint density at radius 3 is 2.45 bits per heavy atom. The summed E-state index contributed by atoms with van der Waals surface area (Å²) in [7, 11) is -2.55. The summed E-state index contributed by atoms with van der Waals surface area (Å²) in [5.41, 5.74) is 2.97. The number of methoxy groups -OCH3 is 1. The highest BCUT2D eigenvalue weighted by Crippen LogP contribution is 2.33. The van der Waals surface area contributed by atoms with Crippen LogP contribution in [0.1, 0.15) is 5.56 Å². The number of carbonyl (C=O) groups is 2. The number of amides is 1. The molecule has 0 aliphatic rings. The molecule has 0 saturated heterocycles. The van der Waals surface area contributed by atoms with E-state index >= 15 is 0 Å². The van der Waals surface area contributed by atoms with Crippen LogP contribution in [0.25, 0.3) is 0 Å². The maximum absolute atomic E-state index is 12.2. The van der Waals surface area contributed by atoms with Gasteiger partial charge in [0.25, 0.3) is 5.91 Å². The minimum absolute atomic E-state index is 0.0143. The Labute approximate surface area is 189 Å². The largest absolute Gasteiger partial charge is 0.482 e. The quantitative estimate of drug-likeness (QED) is 0.330. The van der Waals surface area contributed by atoms with Crippen LogP contribution >= 0.6 is 23.2 Å². The second kappa shape index (κ2) is 11.0. The summed E-state index contributed by atoms with van der Waals surface area (Å²) < 4.78 is 34.8. The first kappa shape index (κ1) is 24.4. The maximum atomic E-state index is 12.2. The molecular formula is C19H19Cl2N3O6S. The molecule has 2 aromatic carbocycles. The Hall–Kier alpha value is -2.82. The molecule has 0 radical (unpaired) electrons. The van der Waals surface area contributed by atoms with Gasteiger partial charge in [-0.1, -0.05) is 29.3 Å². The molecule has 0 fully saturated rings. The fourth-order valence-corrected chi connectivity index (χ4v) is 3.57. The molecule has 9 nitrogen and oxygen atoms in total. The van der Waals surface area contributed by atoms with Crippen LogP contribution < -0.4 is 14.5 Å². The summed E-state index contributed by atoms with van der Waals surface area (Å²) in [4.78, 5) is 23.3. The highest BCUT2D eigenvalue weighted by molar-refractivity contribution is 7.92. The lowest BCUT2D eigenvalue weighted by molar-refractivity contribution is -0.142. The van der Waals surface area contributed by atoms with Crippen LogP contribution in [0.3, 0.4) is 0 Å². The predicted molar refractivity (Wildman–Crippen MR) is 118 cm³/mol. The third kappa shape index (κ3) is 7.42. The van der Waals surface area contributed by atoms with Crippen LogP contribution in [0.4, 0.5) is 5.69 Å². The molecule has 31 heavy (non-hydrogen) atoms. The molecule has 12 heteroatoms. The molecule has 166 valence electrons. The molecule has 0 heterocycles. The average molecular weight is 488 g/mol. The molecule has 0 aliphatic heterocycles. The zero-order chi connectivity index (χ0) is 23.0. The van der Waals surface area contributed by atoms with E-state index in [-0.39, 0.29) is 22.3 Å². The second-order valence-electron chi connectivity index (χ2n) is 6.07. The third-order valence-corrected chi connectivity index (χ3v) is 5.69. The van der Waals surface area contributed by atoms with Gasteiger partial charge < -0.3 is 9.47 Å². The van der Waals surface area contributed by atoms with E-state index in [1.165, 1.54) is 31.5 Å².